The Bertz CT molecular complexity index is 1170. The molecular formula is C24H20FN3. The average molecular weight is 369 g/mol. The molecule has 3 nitrogen and oxygen atoms in total. The van der Waals surface area contributed by atoms with E-state index in [1.807, 2.05) is 42.5 Å². The summed E-state index contributed by atoms with van der Waals surface area (Å²) in [6.45, 7) is 2.73. The third-order valence-corrected chi connectivity index (χ3v) is 4.94. The fraction of sp³-hybridized carbons (Fsp3) is 0.167. The highest BCUT2D eigenvalue weighted by Crippen LogP contribution is 2.25. The van der Waals surface area contributed by atoms with Gasteiger partial charge in [0, 0.05) is 13.0 Å². The fourth-order valence-corrected chi connectivity index (χ4v) is 3.56. The van der Waals surface area contributed by atoms with Crippen LogP contribution in [0.3, 0.4) is 0 Å². The van der Waals surface area contributed by atoms with Crippen LogP contribution in [0.2, 0.25) is 0 Å². The van der Waals surface area contributed by atoms with Crippen LogP contribution in [0.15, 0.2) is 66.7 Å². The van der Waals surface area contributed by atoms with Crippen LogP contribution in [-0.2, 0) is 13.0 Å². The SMILES string of the molecule is CCCc1nc2c(F)cccc2n1Cc1ccc(-c2ccccc2C#N)cc1. The van der Waals surface area contributed by atoms with Gasteiger partial charge in [0.25, 0.3) is 0 Å². The minimum atomic E-state index is -0.280. The standard InChI is InChI=1S/C24H20FN3/c1-2-6-23-27-24-21(25)9-5-10-22(24)28(23)16-17-11-13-18(14-12-17)20-8-4-3-7-19(20)15-26/h3-5,7-14H,2,6,16H2,1H3. The summed E-state index contributed by atoms with van der Waals surface area (Å²) in [6.07, 6.45) is 1.76. The van der Waals surface area contributed by atoms with E-state index >= 15 is 0 Å². The molecule has 4 heteroatoms. The monoisotopic (exact) mass is 369 g/mol. The van der Waals surface area contributed by atoms with E-state index in [0.29, 0.717) is 17.6 Å². The van der Waals surface area contributed by atoms with Crippen molar-refractivity contribution < 1.29 is 4.39 Å². The first kappa shape index (κ1) is 17.9. The third kappa shape index (κ3) is 3.27. The molecule has 0 unspecified atom stereocenters. The highest BCUT2D eigenvalue weighted by atomic mass is 19.1. The molecule has 0 fully saturated rings. The Morgan fingerprint density at radius 2 is 1.79 bits per heavy atom. The lowest BCUT2D eigenvalue weighted by Crippen LogP contribution is -2.05. The zero-order chi connectivity index (χ0) is 19.5. The predicted octanol–water partition coefficient (Wildman–Crippen LogP) is 5.71. The molecule has 3 aromatic carbocycles. The normalized spacial score (nSPS) is 10.9. The van der Waals surface area contributed by atoms with Crippen molar-refractivity contribution in [3.8, 4) is 17.2 Å². The van der Waals surface area contributed by atoms with Crippen LogP contribution in [0.1, 0.15) is 30.3 Å². The summed E-state index contributed by atoms with van der Waals surface area (Å²) in [5.41, 5.74) is 4.97. The van der Waals surface area contributed by atoms with Gasteiger partial charge in [0.1, 0.15) is 11.3 Å². The minimum Gasteiger partial charge on any atom is -0.323 e. The van der Waals surface area contributed by atoms with Crippen molar-refractivity contribution in [2.45, 2.75) is 26.3 Å². The number of aryl methyl sites for hydroxylation is 1. The molecular weight excluding hydrogens is 349 g/mol. The number of hydrogen-bond donors (Lipinski definition) is 0. The molecule has 0 radical (unpaired) electrons. The van der Waals surface area contributed by atoms with Crippen LogP contribution in [0.25, 0.3) is 22.2 Å². The van der Waals surface area contributed by atoms with E-state index < -0.39 is 0 Å². The van der Waals surface area contributed by atoms with Crippen molar-refractivity contribution in [1.82, 2.24) is 9.55 Å². The summed E-state index contributed by atoms with van der Waals surface area (Å²) in [4.78, 5) is 4.54. The lowest BCUT2D eigenvalue weighted by molar-refractivity contribution is 0.637. The van der Waals surface area contributed by atoms with Crippen molar-refractivity contribution in [3.63, 3.8) is 0 Å². The third-order valence-electron chi connectivity index (χ3n) is 4.94. The van der Waals surface area contributed by atoms with E-state index in [1.165, 1.54) is 6.07 Å². The molecule has 4 rings (SSSR count). The molecule has 0 aliphatic heterocycles. The lowest BCUT2D eigenvalue weighted by Gasteiger charge is -2.10. The molecule has 4 aromatic rings. The van der Waals surface area contributed by atoms with Gasteiger partial charge in [0.15, 0.2) is 5.82 Å². The van der Waals surface area contributed by atoms with Crippen molar-refractivity contribution in [1.29, 1.82) is 5.26 Å². The molecule has 28 heavy (non-hydrogen) atoms. The van der Waals surface area contributed by atoms with Crippen LogP contribution >= 0.6 is 0 Å². The zero-order valence-corrected chi connectivity index (χ0v) is 15.7. The number of imidazole rings is 1. The summed E-state index contributed by atoms with van der Waals surface area (Å²) >= 11 is 0. The highest BCUT2D eigenvalue weighted by molar-refractivity contribution is 5.77. The van der Waals surface area contributed by atoms with Crippen LogP contribution in [0.5, 0.6) is 0 Å². The van der Waals surface area contributed by atoms with Crippen molar-refractivity contribution >= 4 is 11.0 Å². The van der Waals surface area contributed by atoms with Gasteiger partial charge in [-0.3, -0.25) is 0 Å². The van der Waals surface area contributed by atoms with E-state index in [0.717, 1.165) is 40.9 Å². The molecule has 0 saturated carbocycles. The van der Waals surface area contributed by atoms with Gasteiger partial charge in [-0.2, -0.15) is 5.26 Å². The van der Waals surface area contributed by atoms with Gasteiger partial charge in [0.2, 0.25) is 0 Å². The molecule has 0 aliphatic rings. The molecule has 0 aliphatic carbocycles. The Labute approximate surface area is 163 Å². The Morgan fingerprint density at radius 1 is 1.00 bits per heavy atom. The van der Waals surface area contributed by atoms with E-state index in [9.17, 15) is 9.65 Å². The van der Waals surface area contributed by atoms with E-state index in [1.54, 1.807) is 6.07 Å². The largest absolute Gasteiger partial charge is 0.323 e. The van der Waals surface area contributed by atoms with Gasteiger partial charge in [-0.1, -0.05) is 55.5 Å². The summed E-state index contributed by atoms with van der Waals surface area (Å²) in [6, 6.07) is 23.1. The topological polar surface area (TPSA) is 41.6 Å². The number of para-hydroxylation sites is 1. The smallest absolute Gasteiger partial charge is 0.151 e. The molecule has 0 spiro atoms. The summed E-state index contributed by atoms with van der Waals surface area (Å²) in [7, 11) is 0. The summed E-state index contributed by atoms with van der Waals surface area (Å²) in [5, 5.41) is 9.32. The second-order valence-corrected chi connectivity index (χ2v) is 6.83. The van der Waals surface area contributed by atoms with Crippen LogP contribution in [0.4, 0.5) is 4.39 Å². The van der Waals surface area contributed by atoms with E-state index in [-0.39, 0.29) is 5.82 Å². The van der Waals surface area contributed by atoms with Crippen LogP contribution in [0, 0.1) is 17.1 Å². The number of fused-ring (bicyclic) bond motifs is 1. The second kappa shape index (κ2) is 7.66. The quantitative estimate of drug-likeness (QED) is 0.452. The Morgan fingerprint density at radius 3 is 2.54 bits per heavy atom. The number of benzene rings is 3. The van der Waals surface area contributed by atoms with E-state index in [2.05, 4.69) is 34.7 Å². The van der Waals surface area contributed by atoms with Crippen LogP contribution in [-0.4, -0.2) is 9.55 Å². The van der Waals surface area contributed by atoms with Crippen molar-refractivity contribution in [2.24, 2.45) is 0 Å². The van der Waals surface area contributed by atoms with Gasteiger partial charge in [-0.05, 0) is 41.3 Å². The first-order chi connectivity index (χ1) is 13.7. The van der Waals surface area contributed by atoms with Gasteiger partial charge >= 0.3 is 0 Å². The molecule has 1 aromatic heterocycles. The van der Waals surface area contributed by atoms with E-state index in [4.69, 9.17) is 0 Å². The van der Waals surface area contributed by atoms with Gasteiger partial charge in [-0.25, -0.2) is 9.37 Å². The Hall–Kier alpha value is -3.45. The average Bonchev–Trinajstić information content (AvgIpc) is 3.07. The number of aromatic nitrogens is 2. The molecule has 0 bridgehead atoms. The molecule has 0 N–H and O–H groups in total. The van der Waals surface area contributed by atoms with Crippen molar-refractivity contribution in [3.05, 3.63) is 89.5 Å². The fourth-order valence-electron chi connectivity index (χ4n) is 3.56. The minimum absolute atomic E-state index is 0.280. The lowest BCUT2D eigenvalue weighted by atomic mass is 9.99. The van der Waals surface area contributed by atoms with Gasteiger partial charge < -0.3 is 4.57 Å². The number of hydrogen-bond acceptors (Lipinski definition) is 2. The predicted molar refractivity (Wildman–Crippen MR) is 109 cm³/mol. The Kier molecular flexibility index (Phi) is 4.90. The van der Waals surface area contributed by atoms with Crippen molar-refractivity contribution in [2.75, 3.05) is 0 Å². The second-order valence-electron chi connectivity index (χ2n) is 6.83. The number of nitriles is 1. The Balaban J connectivity index is 1.70. The highest BCUT2D eigenvalue weighted by Gasteiger charge is 2.13. The molecule has 1 heterocycles. The summed E-state index contributed by atoms with van der Waals surface area (Å²) < 4.78 is 16.3. The zero-order valence-electron chi connectivity index (χ0n) is 15.7. The first-order valence-electron chi connectivity index (χ1n) is 9.43. The molecule has 138 valence electrons. The number of halogens is 1. The number of nitrogens with zero attached hydrogens (tertiary/aromatic N) is 3. The molecule has 0 saturated heterocycles. The molecule has 0 atom stereocenters. The summed E-state index contributed by atoms with van der Waals surface area (Å²) in [5.74, 6) is 0.624. The van der Waals surface area contributed by atoms with Gasteiger partial charge in [0.05, 0.1) is 17.1 Å². The first-order valence-corrected chi connectivity index (χ1v) is 9.43. The number of rotatable bonds is 5. The maximum Gasteiger partial charge on any atom is 0.151 e. The maximum atomic E-state index is 14.2. The molecule has 0 amide bonds. The van der Waals surface area contributed by atoms with Crippen LogP contribution < -0.4 is 0 Å². The van der Waals surface area contributed by atoms with Gasteiger partial charge in [-0.15, -0.1) is 0 Å². The maximum absolute atomic E-state index is 14.2.